The second-order valence-electron chi connectivity index (χ2n) is 18.5. The highest BCUT2D eigenvalue weighted by Gasteiger charge is 2.23. The average Bonchev–Trinajstić information content (AvgIpc) is 4.19. The van der Waals surface area contributed by atoms with Gasteiger partial charge in [0.25, 0.3) is 0 Å². The Bertz CT molecular complexity index is 4500. The van der Waals surface area contributed by atoms with Gasteiger partial charge in [-0.15, -0.1) is 0 Å². The predicted octanol–water partition coefficient (Wildman–Crippen LogP) is 18.0. The van der Waals surface area contributed by atoms with Gasteiger partial charge < -0.3 is 23.0 Å². The van der Waals surface area contributed by atoms with Crippen LogP contribution in [0.3, 0.4) is 0 Å². The fraction of sp³-hybridized carbons (Fsp3) is 0. The third kappa shape index (κ3) is 5.93. The van der Waals surface area contributed by atoms with Crippen LogP contribution < -0.4 is 4.90 Å². The van der Waals surface area contributed by atoms with Crippen LogP contribution in [0.4, 0.5) is 17.1 Å². The summed E-state index contributed by atoms with van der Waals surface area (Å²) in [6.07, 6.45) is 0. The lowest BCUT2D eigenvalue weighted by atomic mass is 10.0. The van der Waals surface area contributed by atoms with Crippen molar-refractivity contribution >= 4 is 104 Å². The van der Waals surface area contributed by atoms with Crippen molar-refractivity contribution in [3.05, 3.63) is 255 Å². The van der Waals surface area contributed by atoms with E-state index < -0.39 is 0 Å². The van der Waals surface area contributed by atoms with E-state index in [2.05, 4.69) is 273 Å². The molecule has 71 heavy (non-hydrogen) atoms. The summed E-state index contributed by atoms with van der Waals surface area (Å²) < 4.78 is 14.5. The zero-order valence-corrected chi connectivity index (χ0v) is 38.4. The molecule has 0 N–H and O–H groups in total. The summed E-state index contributed by atoms with van der Waals surface area (Å²) >= 11 is 0. The smallest absolute Gasteiger partial charge is 0.145 e. The van der Waals surface area contributed by atoms with E-state index in [-0.39, 0.29) is 0 Å². The number of para-hydroxylation sites is 5. The Labute approximate surface area is 408 Å². The van der Waals surface area contributed by atoms with Gasteiger partial charge in [0.15, 0.2) is 0 Å². The highest BCUT2D eigenvalue weighted by Crippen LogP contribution is 2.46. The SMILES string of the molecule is c1ccc(-c2ccc(N(c3ccccc3)c3ccc(-n4c5ccccc5c5c6oc7c(ccc8c7c7ccccc7n8-c7cccc(-n8c9ccccc9c9ccccc98)c7)c6ccc54)cc3)cc2)cc1. The maximum atomic E-state index is 7.32. The monoisotopic (exact) mass is 906 g/mol. The quantitative estimate of drug-likeness (QED) is 0.160. The molecule has 0 saturated carbocycles. The maximum absolute atomic E-state index is 7.32. The van der Waals surface area contributed by atoms with Gasteiger partial charge in [0.1, 0.15) is 11.2 Å². The molecular formula is C66H42N4O. The second kappa shape index (κ2) is 15.5. The Hall–Kier alpha value is -9.58. The van der Waals surface area contributed by atoms with Crippen molar-refractivity contribution in [1.29, 1.82) is 0 Å². The number of rotatable bonds is 7. The minimum Gasteiger partial charge on any atom is -0.455 e. The molecule has 0 unspecified atom stereocenters. The first-order valence-corrected chi connectivity index (χ1v) is 24.3. The molecule has 0 aliphatic rings. The number of anilines is 3. The van der Waals surface area contributed by atoms with Gasteiger partial charge in [-0.3, -0.25) is 0 Å². The summed E-state index contributed by atoms with van der Waals surface area (Å²) in [6, 6.07) is 91.8. The van der Waals surface area contributed by atoms with Crippen LogP contribution in [-0.4, -0.2) is 13.7 Å². The Morgan fingerprint density at radius 2 is 0.648 bits per heavy atom. The number of fused-ring (bicyclic) bond motifs is 14. The van der Waals surface area contributed by atoms with E-state index in [1.807, 2.05) is 0 Å². The molecule has 0 bridgehead atoms. The van der Waals surface area contributed by atoms with Gasteiger partial charge in [-0.1, -0.05) is 140 Å². The molecular weight excluding hydrogens is 865 g/mol. The third-order valence-electron chi connectivity index (χ3n) is 14.6. The van der Waals surface area contributed by atoms with Crippen LogP contribution in [0.25, 0.3) is 116 Å². The molecule has 0 saturated heterocycles. The number of hydrogen-bond acceptors (Lipinski definition) is 2. The fourth-order valence-corrected chi connectivity index (χ4v) is 11.5. The van der Waals surface area contributed by atoms with Gasteiger partial charge >= 0.3 is 0 Å². The topological polar surface area (TPSA) is 31.2 Å². The number of aromatic nitrogens is 3. The van der Waals surface area contributed by atoms with Gasteiger partial charge in [-0.2, -0.15) is 0 Å². The van der Waals surface area contributed by atoms with Crippen molar-refractivity contribution in [3.63, 3.8) is 0 Å². The summed E-state index contributed by atoms with van der Waals surface area (Å²) in [5.41, 5.74) is 17.6. The zero-order chi connectivity index (χ0) is 46.6. The molecule has 11 aromatic carbocycles. The molecule has 15 aromatic rings. The Morgan fingerprint density at radius 3 is 1.18 bits per heavy atom. The van der Waals surface area contributed by atoms with Gasteiger partial charge in [0, 0.05) is 66.4 Å². The van der Waals surface area contributed by atoms with Crippen LogP contribution in [0.2, 0.25) is 0 Å². The van der Waals surface area contributed by atoms with Crippen LogP contribution in [0, 0.1) is 0 Å². The van der Waals surface area contributed by atoms with Gasteiger partial charge in [0.05, 0.1) is 43.9 Å². The van der Waals surface area contributed by atoms with E-state index in [9.17, 15) is 0 Å². The Balaban J connectivity index is 0.877. The van der Waals surface area contributed by atoms with Crippen molar-refractivity contribution in [3.8, 4) is 28.2 Å². The molecule has 5 heteroatoms. The van der Waals surface area contributed by atoms with E-state index in [1.165, 1.54) is 32.9 Å². The highest BCUT2D eigenvalue weighted by molar-refractivity contribution is 6.29. The van der Waals surface area contributed by atoms with Crippen molar-refractivity contribution in [2.75, 3.05) is 4.90 Å². The summed E-state index contributed by atoms with van der Waals surface area (Å²) in [7, 11) is 0. The van der Waals surface area contributed by atoms with E-state index >= 15 is 0 Å². The van der Waals surface area contributed by atoms with Crippen molar-refractivity contribution < 1.29 is 4.42 Å². The summed E-state index contributed by atoms with van der Waals surface area (Å²) in [4.78, 5) is 2.32. The molecule has 5 nitrogen and oxygen atoms in total. The molecule has 0 aliphatic heterocycles. The molecule has 0 radical (unpaired) electrons. The van der Waals surface area contributed by atoms with Crippen LogP contribution >= 0.6 is 0 Å². The first-order chi connectivity index (χ1) is 35.2. The van der Waals surface area contributed by atoms with E-state index in [1.54, 1.807) is 0 Å². The minimum absolute atomic E-state index is 0.899. The van der Waals surface area contributed by atoms with Crippen LogP contribution in [0.1, 0.15) is 0 Å². The van der Waals surface area contributed by atoms with Gasteiger partial charge in [-0.05, 0) is 126 Å². The molecule has 0 spiro atoms. The molecule has 0 aliphatic carbocycles. The Morgan fingerprint density at radius 1 is 0.254 bits per heavy atom. The lowest BCUT2D eigenvalue weighted by molar-refractivity contribution is 0.677. The minimum atomic E-state index is 0.899. The van der Waals surface area contributed by atoms with Gasteiger partial charge in [-0.25, -0.2) is 0 Å². The average molecular weight is 907 g/mol. The molecule has 0 amide bonds. The molecule has 4 heterocycles. The lowest BCUT2D eigenvalue weighted by Crippen LogP contribution is -2.10. The van der Waals surface area contributed by atoms with Crippen molar-refractivity contribution in [2.24, 2.45) is 0 Å². The van der Waals surface area contributed by atoms with E-state index in [0.29, 0.717) is 0 Å². The maximum Gasteiger partial charge on any atom is 0.145 e. The van der Waals surface area contributed by atoms with Crippen LogP contribution in [-0.2, 0) is 0 Å². The lowest BCUT2D eigenvalue weighted by Gasteiger charge is -2.26. The molecule has 0 fully saturated rings. The normalized spacial score (nSPS) is 11.9. The highest BCUT2D eigenvalue weighted by atomic mass is 16.3. The third-order valence-corrected chi connectivity index (χ3v) is 14.6. The molecule has 332 valence electrons. The Kier molecular flexibility index (Phi) is 8.59. The van der Waals surface area contributed by atoms with Crippen LogP contribution in [0.5, 0.6) is 0 Å². The summed E-state index contributed by atoms with van der Waals surface area (Å²) in [5, 5.41) is 9.25. The van der Waals surface area contributed by atoms with E-state index in [0.717, 1.165) is 99.7 Å². The van der Waals surface area contributed by atoms with Crippen molar-refractivity contribution in [2.45, 2.75) is 0 Å². The molecule has 0 atom stereocenters. The first kappa shape index (κ1) is 39.4. The van der Waals surface area contributed by atoms with Crippen molar-refractivity contribution in [1.82, 2.24) is 13.7 Å². The fourth-order valence-electron chi connectivity index (χ4n) is 11.5. The summed E-state index contributed by atoms with van der Waals surface area (Å²) in [6.45, 7) is 0. The number of nitrogens with zero attached hydrogens (tertiary/aromatic N) is 4. The number of hydrogen-bond donors (Lipinski definition) is 0. The second-order valence-corrected chi connectivity index (χ2v) is 18.5. The standard InChI is InChI=1S/C66H42N4O/c1-3-16-43(17-4-1)44-30-32-46(33-31-44)67(45-18-5-2-6-19-45)47-34-36-48(37-35-47)68-59-28-13-9-24-55(59)63-61(68)40-38-53-54-39-41-62-64(66(54)71-65(53)63)56-25-10-14-29-60(56)70(62)50-21-15-20-49(42-50)69-57-26-11-7-22-51(57)52-23-8-12-27-58(52)69/h1-42H. The number of benzene rings is 11. The van der Waals surface area contributed by atoms with Crippen LogP contribution in [0.15, 0.2) is 259 Å². The number of furan rings is 1. The molecule has 15 rings (SSSR count). The van der Waals surface area contributed by atoms with Gasteiger partial charge in [0.2, 0.25) is 0 Å². The first-order valence-electron chi connectivity index (χ1n) is 24.3. The van der Waals surface area contributed by atoms with E-state index in [4.69, 9.17) is 4.42 Å². The largest absolute Gasteiger partial charge is 0.455 e. The zero-order valence-electron chi connectivity index (χ0n) is 38.4. The summed E-state index contributed by atoms with van der Waals surface area (Å²) in [5.74, 6) is 0. The molecule has 4 aromatic heterocycles. The predicted molar refractivity (Wildman–Crippen MR) is 297 cm³/mol.